The molecule has 0 heterocycles. The van der Waals surface area contributed by atoms with Crippen molar-refractivity contribution in [1.29, 1.82) is 0 Å². The van der Waals surface area contributed by atoms with Crippen molar-refractivity contribution < 1.29 is 24.2 Å². The van der Waals surface area contributed by atoms with Crippen molar-refractivity contribution in [3.8, 4) is 5.75 Å². The molecule has 2 aromatic rings. The molecule has 0 radical (unpaired) electrons. The second kappa shape index (κ2) is 9.76. The Balaban J connectivity index is 2.17. The van der Waals surface area contributed by atoms with E-state index in [1.54, 1.807) is 48.5 Å². The van der Waals surface area contributed by atoms with Crippen LogP contribution in [0.4, 0.5) is 0 Å². The molecule has 0 aliphatic heterocycles. The summed E-state index contributed by atoms with van der Waals surface area (Å²) < 4.78 is 5.06. The van der Waals surface area contributed by atoms with E-state index < -0.39 is 17.8 Å². The fraction of sp³-hybridized carbons (Fsp3) is 0.150. The standard InChI is InChI=1S/C20H20N2O5/c1-27-16-9-7-15(8-10-16)19(25)22-17(13-14-5-3-2-4-6-14)20(26)21-12-11-18(23)24/h2-10,13H,11-12H2,1H3,(H,21,26)(H,22,25)(H,23,24)/b17-13-. The first kappa shape index (κ1) is 19.7. The lowest BCUT2D eigenvalue weighted by atomic mass is 10.1. The lowest BCUT2D eigenvalue weighted by Gasteiger charge is -2.11. The number of benzene rings is 2. The van der Waals surface area contributed by atoms with Gasteiger partial charge < -0.3 is 20.5 Å². The van der Waals surface area contributed by atoms with Crippen LogP contribution in [0.2, 0.25) is 0 Å². The van der Waals surface area contributed by atoms with Crippen molar-refractivity contribution in [3.05, 3.63) is 71.4 Å². The Morgan fingerprint density at radius 1 is 1.04 bits per heavy atom. The van der Waals surface area contributed by atoms with Gasteiger partial charge in [0, 0.05) is 12.1 Å². The van der Waals surface area contributed by atoms with Gasteiger partial charge in [-0.2, -0.15) is 0 Å². The fourth-order valence-corrected chi connectivity index (χ4v) is 2.19. The minimum absolute atomic E-state index is 0.0207. The van der Waals surface area contributed by atoms with Gasteiger partial charge in [-0.05, 0) is 35.9 Å². The Morgan fingerprint density at radius 3 is 2.30 bits per heavy atom. The molecule has 3 N–H and O–H groups in total. The zero-order valence-electron chi connectivity index (χ0n) is 14.8. The molecule has 7 heteroatoms. The molecular formula is C20H20N2O5. The van der Waals surface area contributed by atoms with Crippen molar-refractivity contribution in [2.24, 2.45) is 0 Å². The Labute approximate surface area is 156 Å². The average Bonchev–Trinajstić information content (AvgIpc) is 2.68. The monoisotopic (exact) mass is 368 g/mol. The number of rotatable bonds is 8. The van der Waals surface area contributed by atoms with Crippen molar-refractivity contribution in [2.75, 3.05) is 13.7 Å². The van der Waals surface area contributed by atoms with Crippen molar-refractivity contribution in [1.82, 2.24) is 10.6 Å². The van der Waals surface area contributed by atoms with Crippen LogP contribution < -0.4 is 15.4 Å². The molecule has 0 aliphatic rings. The highest BCUT2D eigenvalue weighted by Gasteiger charge is 2.15. The maximum Gasteiger partial charge on any atom is 0.305 e. The number of amides is 2. The molecule has 0 atom stereocenters. The molecule has 0 saturated carbocycles. The molecule has 0 bridgehead atoms. The summed E-state index contributed by atoms with van der Waals surface area (Å²) in [5.41, 5.74) is 1.09. The predicted molar refractivity (Wildman–Crippen MR) is 100 cm³/mol. The first-order chi connectivity index (χ1) is 13.0. The largest absolute Gasteiger partial charge is 0.497 e. The lowest BCUT2D eigenvalue weighted by Crippen LogP contribution is -2.35. The lowest BCUT2D eigenvalue weighted by molar-refractivity contribution is -0.136. The number of hydrogen-bond acceptors (Lipinski definition) is 4. The Kier molecular flexibility index (Phi) is 7.13. The topological polar surface area (TPSA) is 105 Å². The van der Waals surface area contributed by atoms with Crippen LogP contribution in [0.1, 0.15) is 22.3 Å². The van der Waals surface area contributed by atoms with E-state index in [9.17, 15) is 14.4 Å². The molecule has 2 amide bonds. The number of ether oxygens (including phenoxy) is 1. The fourth-order valence-electron chi connectivity index (χ4n) is 2.19. The van der Waals surface area contributed by atoms with Gasteiger partial charge in [-0.15, -0.1) is 0 Å². The number of hydrogen-bond donors (Lipinski definition) is 3. The molecule has 0 unspecified atom stereocenters. The summed E-state index contributed by atoms with van der Waals surface area (Å²) in [6, 6.07) is 15.4. The molecule has 0 aromatic heterocycles. The van der Waals surface area contributed by atoms with Crippen LogP contribution in [0.25, 0.3) is 6.08 Å². The molecular weight excluding hydrogens is 348 g/mol. The van der Waals surface area contributed by atoms with Crippen LogP contribution in [0, 0.1) is 0 Å². The van der Waals surface area contributed by atoms with Gasteiger partial charge in [0.15, 0.2) is 0 Å². The van der Waals surface area contributed by atoms with E-state index in [4.69, 9.17) is 9.84 Å². The predicted octanol–water partition coefficient (Wildman–Crippen LogP) is 2.06. The number of carboxylic acid groups (broad SMARTS) is 1. The summed E-state index contributed by atoms with van der Waals surface area (Å²) in [4.78, 5) is 35.5. The Bertz CT molecular complexity index is 829. The van der Waals surface area contributed by atoms with Gasteiger partial charge in [0.25, 0.3) is 11.8 Å². The van der Waals surface area contributed by atoms with Crippen molar-refractivity contribution in [3.63, 3.8) is 0 Å². The molecule has 7 nitrogen and oxygen atoms in total. The third-order valence-corrected chi connectivity index (χ3v) is 3.58. The van der Waals surface area contributed by atoms with Crippen LogP contribution in [0.3, 0.4) is 0 Å². The molecule has 140 valence electrons. The van der Waals surface area contributed by atoms with Gasteiger partial charge in [0.05, 0.1) is 13.5 Å². The van der Waals surface area contributed by atoms with Gasteiger partial charge in [0.1, 0.15) is 11.4 Å². The summed E-state index contributed by atoms with van der Waals surface area (Å²) in [5.74, 6) is -1.45. The van der Waals surface area contributed by atoms with Crippen LogP contribution in [-0.4, -0.2) is 36.5 Å². The minimum Gasteiger partial charge on any atom is -0.497 e. The second-order valence-corrected chi connectivity index (χ2v) is 5.55. The highest BCUT2D eigenvalue weighted by Crippen LogP contribution is 2.12. The van der Waals surface area contributed by atoms with E-state index in [0.717, 1.165) is 5.56 Å². The number of aliphatic carboxylic acids is 1. The van der Waals surface area contributed by atoms with E-state index in [2.05, 4.69) is 10.6 Å². The summed E-state index contributed by atoms with van der Waals surface area (Å²) in [6.45, 7) is -0.0430. The summed E-state index contributed by atoms with van der Waals surface area (Å²) in [6.07, 6.45) is 1.31. The molecule has 0 fully saturated rings. The highest BCUT2D eigenvalue weighted by molar-refractivity contribution is 6.05. The van der Waals surface area contributed by atoms with Crippen molar-refractivity contribution in [2.45, 2.75) is 6.42 Å². The van der Waals surface area contributed by atoms with E-state index >= 15 is 0 Å². The molecule has 0 saturated heterocycles. The number of carboxylic acids is 1. The third-order valence-electron chi connectivity index (χ3n) is 3.58. The number of carbonyl (C=O) groups is 3. The number of nitrogens with one attached hydrogen (secondary N) is 2. The highest BCUT2D eigenvalue weighted by atomic mass is 16.5. The zero-order chi connectivity index (χ0) is 19.6. The maximum absolute atomic E-state index is 12.5. The van der Waals surface area contributed by atoms with Gasteiger partial charge in [-0.25, -0.2) is 0 Å². The quantitative estimate of drug-likeness (QED) is 0.619. The molecule has 0 aliphatic carbocycles. The molecule has 2 rings (SSSR count). The zero-order valence-corrected chi connectivity index (χ0v) is 14.8. The van der Waals surface area contributed by atoms with Crippen LogP contribution in [-0.2, 0) is 9.59 Å². The Hall–Kier alpha value is -3.61. The Morgan fingerprint density at radius 2 is 1.70 bits per heavy atom. The average molecular weight is 368 g/mol. The van der Waals surface area contributed by atoms with Gasteiger partial charge >= 0.3 is 5.97 Å². The summed E-state index contributed by atoms with van der Waals surface area (Å²) >= 11 is 0. The molecule has 0 spiro atoms. The smallest absolute Gasteiger partial charge is 0.305 e. The van der Waals surface area contributed by atoms with E-state index in [1.165, 1.54) is 13.2 Å². The van der Waals surface area contributed by atoms with Gasteiger partial charge in [0.2, 0.25) is 0 Å². The van der Waals surface area contributed by atoms with Crippen LogP contribution >= 0.6 is 0 Å². The maximum atomic E-state index is 12.5. The van der Waals surface area contributed by atoms with E-state index in [1.807, 2.05) is 6.07 Å². The SMILES string of the molecule is COc1ccc(C(=O)N/C(=C\c2ccccc2)C(=O)NCCC(=O)O)cc1. The van der Waals surface area contributed by atoms with Crippen LogP contribution in [0.15, 0.2) is 60.3 Å². The van der Waals surface area contributed by atoms with Crippen molar-refractivity contribution >= 4 is 23.9 Å². The molecule has 2 aromatic carbocycles. The minimum atomic E-state index is -1.02. The van der Waals surface area contributed by atoms with E-state index in [-0.39, 0.29) is 18.7 Å². The number of methoxy groups -OCH3 is 1. The normalized spacial score (nSPS) is 10.8. The third kappa shape index (κ3) is 6.32. The number of carbonyl (C=O) groups excluding carboxylic acids is 2. The van der Waals surface area contributed by atoms with Gasteiger partial charge in [-0.3, -0.25) is 14.4 Å². The van der Waals surface area contributed by atoms with Gasteiger partial charge in [-0.1, -0.05) is 30.3 Å². The summed E-state index contributed by atoms with van der Waals surface area (Å²) in [5, 5.41) is 13.8. The first-order valence-electron chi connectivity index (χ1n) is 8.21. The van der Waals surface area contributed by atoms with Crippen LogP contribution in [0.5, 0.6) is 5.75 Å². The first-order valence-corrected chi connectivity index (χ1v) is 8.21. The second-order valence-electron chi connectivity index (χ2n) is 5.55. The molecule has 27 heavy (non-hydrogen) atoms. The summed E-state index contributed by atoms with van der Waals surface area (Å²) in [7, 11) is 1.53. The van der Waals surface area contributed by atoms with E-state index in [0.29, 0.717) is 11.3 Å².